The number of carbonyl (C=O) groups excluding carboxylic acids is 1. The van der Waals surface area contributed by atoms with Crippen LogP contribution in [0.4, 0.5) is 5.69 Å². The van der Waals surface area contributed by atoms with Gasteiger partial charge in [-0.05, 0) is 49.8 Å². The van der Waals surface area contributed by atoms with Crippen molar-refractivity contribution in [2.45, 2.75) is 26.7 Å². The topological polar surface area (TPSA) is 62.4 Å². The maximum Gasteiger partial charge on any atom is 0.238 e. The first kappa shape index (κ1) is 15.2. The molecule has 0 saturated heterocycles. The number of hydrogen-bond acceptors (Lipinski definition) is 3. The molecule has 0 aliphatic heterocycles. The number of rotatable bonds is 5. The number of hydrazine groups is 1. The number of thiocarbonyl (C=S) groups is 1. The van der Waals surface area contributed by atoms with Crippen LogP contribution in [-0.4, -0.2) is 17.6 Å². The van der Waals surface area contributed by atoms with E-state index in [1.165, 1.54) is 0 Å². The molecule has 0 aromatic heterocycles. The normalized spacial score (nSPS) is 9.58. The number of amides is 1. The molecule has 0 atom stereocenters. The van der Waals surface area contributed by atoms with Crippen molar-refractivity contribution in [3.05, 3.63) is 24.3 Å². The van der Waals surface area contributed by atoms with Crippen LogP contribution in [0.2, 0.25) is 0 Å². The van der Waals surface area contributed by atoms with Gasteiger partial charge in [0.2, 0.25) is 5.91 Å². The highest BCUT2D eigenvalue weighted by Crippen LogP contribution is 2.15. The molecule has 1 amide bonds. The van der Waals surface area contributed by atoms with Crippen molar-refractivity contribution in [3.63, 3.8) is 0 Å². The summed E-state index contributed by atoms with van der Waals surface area (Å²) in [5, 5.41) is 3.30. The highest BCUT2D eigenvalue weighted by atomic mass is 32.1. The fourth-order valence-corrected chi connectivity index (χ4v) is 1.55. The summed E-state index contributed by atoms with van der Waals surface area (Å²) in [6.45, 7) is 4.51. The molecule has 0 aliphatic rings. The van der Waals surface area contributed by atoms with Gasteiger partial charge in [-0.3, -0.25) is 15.6 Å². The summed E-state index contributed by atoms with van der Waals surface area (Å²) < 4.78 is 5.34. The van der Waals surface area contributed by atoms with E-state index < -0.39 is 0 Å². The Balaban J connectivity index is 2.37. The number of ether oxygens (including phenoxy) is 1. The lowest BCUT2D eigenvalue weighted by atomic mass is 10.3. The van der Waals surface area contributed by atoms with Crippen LogP contribution in [0.3, 0.4) is 0 Å². The second-order valence-electron chi connectivity index (χ2n) is 3.83. The van der Waals surface area contributed by atoms with E-state index in [4.69, 9.17) is 17.0 Å². The Morgan fingerprint density at radius 1 is 1.21 bits per heavy atom. The van der Waals surface area contributed by atoms with Crippen molar-refractivity contribution in [1.29, 1.82) is 0 Å². The second-order valence-corrected chi connectivity index (χ2v) is 4.24. The van der Waals surface area contributed by atoms with Crippen molar-refractivity contribution in [2.24, 2.45) is 0 Å². The van der Waals surface area contributed by atoms with E-state index >= 15 is 0 Å². The van der Waals surface area contributed by atoms with Crippen LogP contribution in [-0.2, 0) is 4.79 Å². The third-order valence-electron chi connectivity index (χ3n) is 2.22. The molecule has 0 bridgehead atoms. The fraction of sp³-hybridized carbons (Fsp3) is 0.385. The van der Waals surface area contributed by atoms with Gasteiger partial charge >= 0.3 is 0 Å². The van der Waals surface area contributed by atoms with E-state index in [0.29, 0.717) is 18.1 Å². The molecule has 1 aromatic rings. The smallest absolute Gasteiger partial charge is 0.238 e. The van der Waals surface area contributed by atoms with Crippen molar-refractivity contribution < 1.29 is 9.53 Å². The van der Waals surface area contributed by atoms with Crippen molar-refractivity contribution in [2.75, 3.05) is 11.9 Å². The Morgan fingerprint density at radius 3 is 2.47 bits per heavy atom. The van der Waals surface area contributed by atoms with Gasteiger partial charge in [0.1, 0.15) is 5.75 Å². The molecule has 3 N–H and O–H groups in total. The summed E-state index contributed by atoms with van der Waals surface area (Å²) in [7, 11) is 0. The standard InChI is InChI=1S/C13H19N3O2S/c1-3-5-12(17)15-16-13(19)14-10-6-8-11(9-7-10)18-4-2/h6-9H,3-5H2,1-2H3,(H,15,17)(H2,14,16,19). The van der Waals surface area contributed by atoms with Gasteiger partial charge in [0, 0.05) is 12.1 Å². The van der Waals surface area contributed by atoms with Crippen LogP contribution in [0, 0.1) is 0 Å². The van der Waals surface area contributed by atoms with Gasteiger partial charge in [-0.25, -0.2) is 0 Å². The van der Waals surface area contributed by atoms with Crippen LogP contribution < -0.4 is 20.9 Å². The van der Waals surface area contributed by atoms with Crippen LogP contribution >= 0.6 is 12.2 Å². The zero-order chi connectivity index (χ0) is 14.1. The van der Waals surface area contributed by atoms with E-state index in [1.807, 2.05) is 38.1 Å². The largest absolute Gasteiger partial charge is 0.494 e. The first-order valence-corrected chi connectivity index (χ1v) is 6.65. The Bertz CT molecular complexity index is 420. The molecule has 0 radical (unpaired) electrons. The lowest BCUT2D eigenvalue weighted by Gasteiger charge is -2.11. The zero-order valence-electron chi connectivity index (χ0n) is 11.2. The maximum atomic E-state index is 11.2. The third kappa shape index (κ3) is 6.05. The Hall–Kier alpha value is -1.82. The molecule has 0 fully saturated rings. The van der Waals surface area contributed by atoms with Gasteiger partial charge in [0.15, 0.2) is 5.11 Å². The van der Waals surface area contributed by atoms with Gasteiger partial charge in [-0.2, -0.15) is 0 Å². The summed E-state index contributed by atoms with van der Waals surface area (Å²) in [5.41, 5.74) is 5.99. The third-order valence-corrected chi connectivity index (χ3v) is 2.42. The SMILES string of the molecule is CCCC(=O)NNC(=S)Nc1ccc(OCC)cc1. The number of anilines is 1. The van der Waals surface area contributed by atoms with E-state index in [-0.39, 0.29) is 5.91 Å². The zero-order valence-corrected chi connectivity index (χ0v) is 12.0. The molecule has 104 valence electrons. The van der Waals surface area contributed by atoms with E-state index in [2.05, 4.69) is 16.2 Å². The molecule has 0 spiro atoms. The fourth-order valence-electron chi connectivity index (χ4n) is 1.38. The van der Waals surface area contributed by atoms with Gasteiger partial charge in [-0.15, -0.1) is 0 Å². The Morgan fingerprint density at radius 2 is 1.89 bits per heavy atom. The Labute approximate surface area is 118 Å². The number of benzene rings is 1. The first-order chi connectivity index (χ1) is 9.15. The minimum Gasteiger partial charge on any atom is -0.494 e. The average Bonchev–Trinajstić information content (AvgIpc) is 2.39. The Kier molecular flexibility index (Phi) is 6.67. The average molecular weight is 281 g/mol. The summed E-state index contributed by atoms with van der Waals surface area (Å²) >= 11 is 5.05. The molecule has 19 heavy (non-hydrogen) atoms. The molecule has 6 heteroatoms. The molecule has 0 heterocycles. The summed E-state index contributed by atoms with van der Waals surface area (Å²) in [6, 6.07) is 7.41. The van der Waals surface area contributed by atoms with Gasteiger partial charge in [0.25, 0.3) is 0 Å². The summed E-state index contributed by atoms with van der Waals surface area (Å²) in [4.78, 5) is 11.2. The molecule has 5 nitrogen and oxygen atoms in total. The number of hydrogen-bond donors (Lipinski definition) is 3. The van der Waals surface area contributed by atoms with Crippen molar-refractivity contribution in [1.82, 2.24) is 10.9 Å². The molecular formula is C13H19N3O2S. The van der Waals surface area contributed by atoms with Crippen LogP contribution in [0.15, 0.2) is 24.3 Å². The first-order valence-electron chi connectivity index (χ1n) is 6.24. The lowest BCUT2D eigenvalue weighted by molar-refractivity contribution is -0.121. The molecular weight excluding hydrogens is 262 g/mol. The minimum absolute atomic E-state index is 0.0849. The second kappa shape index (κ2) is 8.31. The maximum absolute atomic E-state index is 11.2. The van der Waals surface area contributed by atoms with E-state index in [0.717, 1.165) is 17.9 Å². The predicted octanol–water partition coefficient (Wildman–Crippen LogP) is 2.20. The quantitative estimate of drug-likeness (QED) is 0.570. The highest BCUT2D eigenvalue weighted by Gasteiger charge is 2.01. The molecule has 1 rings (SSSR count). The predicted molar refractivity (Wildman–Crippen MR) is 80.0 cm³/mol. The van der Waals surface area contributed by atoms with Gasteiger partial charge < -0.3 is 10.1 Å². The monoisotopic (exact) mass is 281 g/mol. The lowest BCUT2D eigenvalue weighted by Crippen LogP contribution is -2.43. The van der Waals surface area contributed by atoms with Crippen molar-refractivity contribution >= 4 is 28.9 Å². The van der Waals surface area contributed by atoms with E-state index in [9.17, 15) is 4.79 Å². The van der Waals surface area contributed by atoms with Crippen LogP contribution in [0.1, 0.15) is 26.7 Å². The minimum atomic E-state index is -0.0849. The number of nitrogens with one attached hydrogen (secondary N) is 3. The van der Waals surface area contributed by atoms with Crippen molar-refractivity contribution in [3.8, 4) is 5.75 Å². The molecule has 0 aliphatic carbocycles. The summed E-state index contributed by atoms with van der Waals surface area (Å²) in [6.07, 6.45) is 1.27. The summed E-state index contributed by atoms with van der Waals surface area (Å²) in [5.74, 6) is 0.724. The van der Waals surface area contributed by atoms with Crippen LogP contribution in [0.5, 0.6) is 5.75 Å². The highest BCUT2D eigenvalue weighted by molar-refractivity contribution is 7.80. The van der Waals surface area contributed by atoms with Gasteiger partial charge in [-0.1, -0.05) is 6.92 Å². The molecule has 0 saturated carbocycles. The number of carbonyl (C=O) groups is 1. The molecule has 1 aromatic carbocycles. The van der Waals surface area contributed by atoms with Crippen LogP contribution in [0.25, 0.3) is 0 Å². The van der Waals surface area contributed by atoms with E-state index in [1.54, 1.807) is 0 Å². The van der Waals surface area contributed by atoms with Gasteiger partial charge in [0.05, 0.1) is 6.61 Å². The molecule has 0 unspecified atom stereocenters.